The molecule has 2 aromatic carbocycles. The molecule has 1 N–H and O–H groups in total. The number of nitrogens with zero attached hydrogens (tertiary/aromatic N) is 1. The Balaban J connectivity index is 2.05. The van der Waals surface area contributed by atoms with Crippen LogP contribution in [0.3, 0.4) is 0 Å². The summed E-state index contributed by atoms with van der Waals surface area (Å²) in [4.78, 5) is 14.9. The molecule has 1 aliphatic rings. The lowest BCUT2D eigenvalue weighted by atomic mass is 9.71. The first-order valence-corrected chi connectivity index (χ1v) is 8.79. The molecule has 0 unspecified atom stereocenters. The molecule has 3 aromatic rings. The first-order valence-electron chi connectivity index (χ1n) is 8.00. The molecular formula is C19H17BrN2O3. The van der Waals surface area contributed by atoms with Crippen LogP contribution in [0.4, 0.5) is 5.69 Å². The molecule has 0 amide bonds. The molecule has 1 aliphatic carbocycles. The lowest BCUT2D eigenvalue weighted by molar-refractivity contribution is -0.386. The summed E-state index contributed by atoms with van der Waals surface area (Å²) in [6.07, 6.45) is 0.667. The zero-order chi connectivity index (χ0) is 17.9. The first-order chi connectivity index (χ1) is 11.8. The number of H-pyrrole nitrogens is 1. The maximum atomic E-state index is 11.8. The molecule has 0 bridgehead atoms. The lowest BCUT2D eigenvalue weighted by Gasteiger charge is -2.32. The van der Waals surface area contributed by atoms with Gasteiger partial charge in [-0.25, -0.2) is 0 Å². The molecule has 0 fully saturated rings. The smallest absolute Gasteiger partial charge is 0.315 e. The van der Waals surface area contributed by atoms with Crippen LogP contribution in [0.15, 0.2) is 34.8 Å². The Morgan fingerprint density at radius 2 is 2.04 bits per heavy atom. The van der Waals surface area contributed by atoms with Gasteiger partial charge in [0.2, 0.25) is 0 Å². The van der Waals surface area contributed by atoms with Gasteiger partial charge >= 0.3 is 5.69 Å². The second kappa shape index (κ2) is 5.33. The van der Waals surface area contributed by atoms with E-state index in [1.165, 1.54) is 12.7 Å². The molecule has 6 heteroatoms. The van der Waals surface area contributed by atoms with Crippen LogP contribution in [-0.2, 0) is 11.8 Å². The van der Waals surface area contributed by atoms with Crippen molar-refractivity contribution in [1.29, 1.82) is 0 Å². The zero-order valence-corrected chi connectivity index (χ0v) is 15.7. The van der Waals surface area contributed by atoms with Crippen molar-refractivity contribution in [3.05, 3.63) is 67.3 Å². The van der Waals surface area contributed by atoms with Gasteiger partial charge in [0.1, 0.15) is 0 Å². The normalized spacial score (nSPS) is 14.9. The summed E-state index contributed by atoms with van der Waals surface area (Å²) in [5.74, 6) is 0.305. The van der Waals surface area contributed by atoms with Crippen LogP contribution in [-0.4, -0.2) is 17.0 Å². The van der Waals surface area contributed by atoms with E-state index in [2.05, 4.69) is 27.0 Å². The molecule has 5 nitrogen and oxygen atoms in total. The van der Waals surface area contributed by atoms with Gasteiger partial charge in [-0.3, -0.25) is 10.1 Å². The Kier molecular flexibility index (Phi) is 3.44. The number of hydrogen-bond acceptors (Lipinski definition) is 3. The second-order valence-electron chi connectivity index (χ2n) is 6.88. The van der Waals surface area contributed by atoms with Crippen molar-refractivity contribution in [3.63, 3.8) is 0 Å². The molecule has 0 saturated heterocycles. The molecule has 0 saturated carbocycles. The third-order valence-electron chi connectivity index (χ3n) is 5.12. The van der Waals surface area contributed by atoms with Crippen LogP contribution in [0.5, 0.6) is 5.75 Å². The molecule has 0 radical (unpaired) electrons. The van der Waals surface area contributed by atoms with E-state index in [4.69, 9.17) is 4.74 Å². The lowest BCUT2D eigenvalue weighted by Crippen LogP contribution is -2.28. The highest BCUT2D eigenvalue weighted by atomic mass is 79.9. The number of ether oxygens (including phenoxy) is 1. The highest BCUT2D eigenvalue weighted by Gasteiger charge is 2.42. The number of hydrogen-bond donors (Lipinski definition) is 1. The number of rotatable bonds is 2. The molecule has 1 aromatic heterocycles. The molecule has 4 rings (SSSR count). The largest absolute Gasteiger partial charge is 0.490 e. The monoisotopic (exact) mass is 400 g/mol. The van der Waals surface area contributed by atoms with Gasteiger partial charge < -0.3 is 9.72 Å². The van der Waals surface area contributed by atoms with E-state index >= 15 is 0 Å². The highest BCUT2D eigenvalue weighted by Crippen LogP contribution is 2.49. The molecule has 1 heterocycles. The summed E-state index contributed by atoms with van der Waals surface area (Å²) in [5.41, 5.74) is 4.53. The van der Waals surface area contributed by atoms with Gasteiger partial charge in [-0.1, -0.05) is 28.1 Å². The number of aromatic nitrogens is 1. The summed E-state index contributed by atoms with van der Waals surface area (Å²) < 4.78 is 6.27. The van der Waals surface area contributed by atoms with Crippen LogP contribution in [0.2, 0.25) is 0 Å². The summed E-state index contributed by atoms with van der Waals surface area (Å²) in [7, 11) is 1.47. The van der Waals surface area contributed by atoms with E-state index in [9.17, 15) is 10.1 Å². The summed E-state index contributed by atoms with van der Waals surface area (Å²) in [6.45, 7) is 4.06. The van der Waals surface area contributed by atoms with E-state index in [0.717, 1.165) is 32.2 Å². The standard InChI is InChI=1S/C19H17BrN2O3/c1-19(2)16-10(4-7-15(25-3)17(16)22(23)24)8-13-12-6-5-11(20)9-14(12)21-18(13)19/h4-7,9,21H,8H2,1-3H3. The number of halogens is 1. The predicted molar refractivity (Wildman–Crippen MR) is 101 cm³/mol. The quantitative estimate of drug-likeness (QED) is 0.481. The Morgan fingerprint density at radius 3 is 2.72 bits per heavy atom. The van der Waals surface area contributed by atoms with Gasteiger partial charge in [-0.2, -0.15) is 0 Å². The number of methoxy groups -OCH3 is 1. The summed E-state index contributed by atoms with van der Waals surface area (Å²) in [6, 6.07) is 9.81. The van der Waals surface area contributed by atoms with Gasteiger partial charge in [0.15, 0.2) is 5.75 Å². The predicted octanol–water partition coefficient (Wildman–Crippen LogP) is 5.08. The van der Waals surface area contributed by atoms with Crippen LogP contribution >= 0.6 is 15.9 Å². The molecule has 128 valence electrons. The van der Waals surface area contributed by atoms with Crippen molar-refractivity contribution in [3.8, 4) is 5.75 Å². The fraction of sp³-hybridized carbons (Fsp3) is 0.263. The van der Waals surface area contributed by atoms with E-state index in [-0.39, 0.29) is 10.6 Å². The van der Waals surface area contributed by atoms with E-state index in [1.807, 2.05) is 32.0 Å². The van der Waals surface area contributed by atoms with Crippen molar-refractivity contribution in [2.75, 3.05) is 7.11 Å². The SMILES string of the molecule is COc1ccc2c(c1[N+](=O)[O-])C(C)(C)c1[nH]c3cc(Br)ccc3c1C2. The van der Waals surface area contributed by atoms with Crippen LogP contribution in [0.25, 0.3) is 10.9 Å². The minimum absolute atomic E-state index is 0.0653. The molecule has 0 spiro atoms. The molecule has 0 atom stereocenters. The first kappa shape index (κ1) is 16.1. The van der Waals surface area contributed by atoms with Gasteiger partial charge in [0, 0.05) is 38.5 Å². The molecule has 0 aliphatic heterocycles. The van der Waals surface area contributed by atoms with Gasteiger partial charge in [0.25, 0.3) is 0 Å². The third-order valence-corrected chi connectivity index (χ3v) is 5.61. The van der Waals surface area contributed by atoms with Crippen LogP contribution < -0.4 is 4.74 Å². The summed E-state index contributed by atoms with van der Waals surface area (Å²) in [5, 5.41) is 12.9. The van der Waals surface area contributed by atoms with Gasteiger partial charge in [-0.05, 0) is 43.2 Å². The Labute approximate surface area is 153 Å². The maximum Gasteiger partial charge on any atom is 0.315 e. The second-order valence-corrected chi connectivity index (χ2v) is 7.79. The Bertz CT molecular complexity index is 1040. The van der Waals surface area contributed by atoms with Crippen LogP contribution in [0, 0.1) is 10.1 Å². The summed E-state index contributed by atoms with van der Waals surface area (Å²) >= 11 is 3.51. The topological polar surface area (TPSA) is 68.2 Å². The Morgan fingerprint density at radius 1 is 1.28 bits per heavy atom. The Hall–Kier alpha value is -2.34. The fourth-order valence-electron chi connectivity index (χ4n) is 4.06. The van der Waals surface area contributed by atoms with Crippen molar-refractivity contribution in [2.45, 2.75) is 25.7 Å². The number of nitrogens with one attached hydrogen (secondary N) is 1. The number of nitro benzene ring substituents is 1. The van der Waals surface area contributed by atoms with Gasteiger partial charge in [-0.15, -0.1) is 0 Å². The highest BCUT2D eigenvalue weighted by molar-refractivity contribution is 9.10. The number of benzene rings is 2. The molecule has 25 heavy (non-hydrogen) atoms. The molecular weight excluding hydrogens is 384 g/mol. The number of nitro groups is 1. The van der Waals surface area contributed by atoms with Crippen molar-refractivity contribution >= 4 is 32.5 Å². The number of fused-ring (bicyclic) bond motifs is 4. The van der Waals surface area contributed by atoms with Crippen molar-refractivity contribution in [2.24, 2.45) is 0 Å². The minimum Gasteiger partial charge on any atom is -0.490 e. The van der Waals surface area contributed by atoms with Crippen molar-refractivity contribution < 1.29 is 9.66 Å². The number of aromatic amines is 1. The maximum absolute atomic E-state index is 11.8. The van der Waals surface area contributed by atoms with Gasteiger partial charge in [0.05, 0.1) is 12.0 Å². The van der Waals surface area contributed by atoms with Crippen molar-refractivity contribution in [1.82, 2.24) is 4.98 Å². The van der Waals surface area contributed by atoms with Crippen LogP contribution in [0.1, 0.15) is 36.2 Å². The third kappa shape index (κ3) is 2.20. The van der Waals surface area contributed by atoms with E-state index in [0.29, 0.717) is 12.2 Å². The average molecular weight is 401 g/mol. The van der Waals surface area contributed by atoms with E-state index in [1.54, 1.807) is 6.07 Å². The minimum atomic E-state index is -0.522. The average Bonchev–Trinajstić information content (AvgIpc) is 2.92. The van der Waals surface area contributed by atoms with E-state index < -0.39 is 5.41 Å². The fourth-order valence-corrected chi connectivity index (χ4v) is 4.43. The zero-order valence-electron chi connectivity index (χ0n) is 14.1.